The molecule has 0 heterocycles. The van der Waals surface area contributed by atoms with Gasteiger partial charge in [-0.1, -0.05) is 37.3 Å². The fourth-order valence-corrected chi connectivity index (χ4v) is 2.08. The van der Waals surface area contributed by atoms with E-state index in [1.165, 1.54) is 14.2 Å². The van der Waals surface area contributed by atoms with Gasteiger partial charge in [-0.15, -0.1) is 0 Å². The summed E-state index contributed by atoms with van der Waals surface area (Å²) in [5.74, 6) is -2.09. The van der Waals surface area contributed by atoms with Crippen LogP contribution in [0.15, 0.2) is 30.3 Å². The molecule has 7 heteroatoms. The smallest absolute Gasteiger partial charge is 0.328 e. The van der Waals surface area contributed by atoms with Crippen LogP contribution in [0.2, 0.25) is 0 Å². The first-order valence-electron chi connectivity index (χ1n) is 7.54. The SMILES string of the molecule is COC(=O)[C@H](C)C[C@@H](NC(=O)COCc1ccccc1)C(=O)OC. The van der Waals surface area contributed by atoms with Crippen molar-refractivity contribution < 1.29 is 28.6 Å². The van der Waals surface area contributed by atoms with E-state index in [4.69, 9.17) is 4.74 Å². The lowest BCUT2D eigenvalue weighted by atomic mass is 10.0. The quantitative estimate of drug-likeness (QED) is 0.678. The number of hydrogen-bond donors (Lipinski definition) is 1. The molecule has 24 heavy (non-hydrogen) atoms. The standard InChI is InChI=1S/C17H23NO6/c1-12(16(20)22-2)9-14(17(21)23-3)18-15(19)11-24-10-13-7-5-4-6-8-13/h4-8,12,14H,9-11H2,1-3H3,(H,18,19)/t12-,14-/m1/s1. The molecule has 0 radical (unpaired) electrons. The normalized spacial score (nSPS) is 12.8. The van der Waals surface area contributed by atoms with Crippen LogP contribution < -0.4 is 5.32 Å². The number of benzene rings is 1. The van der Waals surface area contributed by atoms with Gasteiger partial charge >= 0.3 is 11.9 Å². The van der Waals surface area contributed by atoms with Crippen LogP contribution in [-0.4, -0.2) is 44.7 Å². The Balaban J connectivity index is 2.48. The molecule has 0 aliphatic rings. The molecule has 0 spiro atoms. The maximum atomic E-state index is 11.9. The van der Waals surface area contributed by atoms with E-state index < -0.39 is 29.8 Å². The first-order valence-corrected chi connectivity index (χ1v) is 7.54. The van der Waals surface area contributed by atoms with Crippen LogP contribution in [0.5, 0.6) is 0 Å². The van der Waals surface area contributed by atoms with Crippen molar-refractivity contribution in [2.75, 3.05) is 20.8 Å². The third-order valence-corrected chi connectivity index (χ3v) is 3.36. The largest absolute Gasteiger partial charge is 0.469 e. The van der Waals surface area contributed by atoms with E-state index >= 15 is 0 Å². The Bertz CT molecular complexity index is 545. The molecule has 0 unspecified atom stereocenters. The van der Waals surface area contributed by atoms with Gasteiger partial charge in [0.2, 0.25) is 5.91 Å². The molecule has 0 bridgehead atoms. The van der Waals surface area contributed by atoms with Crippen molar-refractivity contribution in [2.45, 2.75) is 26.0 Å². The number of hydrogen-bond acceptors (Lipinski definition) is 6. The van der Waals surface area contributed by atoms with E-state index in [1.54, 1.807) is 6.92 Å². The number of carbonyl (C=O) groups is 3. The van der Waals surface area contributed by atoms with E-state index in [0.29, 0.717) is 0 Å². The third-order valence-electron chi connectivity index (χ3n) is 3.36. The van der Waals surface area contributed by atoms with Gasteiger partial charge in [-0.25, -0.2) is 4.79 Å². The van der Waals surface area contributed by atoms with Gasteiger partial charge in [0.1, 0.15) is 12.6 Å². The molecule has 0 aliphatic heterocycles. The zero-order valence-electron chi connectivity index (χ0n) is 14.1. The van der Waals surface area contributed by atoms with E-state index in [9.17, 15) is 14.4 Å². The fraction of sp³-hybridized carbons (Fsp3) is 0.471. The highest BCUT2D eigenvalue weighted by Gasteiger charge is 2.27. The second-order valence-corrected chi connectivity index (χ2v) is 5.28. The van der Waals surface area contributed by atoms with Gasteiger partial charge in [0.15, 0.2) is 0 Å². The predicted molar refractivity (Wildman–Crippen MR) is 85.8 cm³/mol. The van der Waals surface area contributed by atoms with Crippen molar-refractivity contribution in [3.63, 3.8) is 0 Å². The molecule has 1 N–H and O–H groups in total. The van der Waals surface area contributed by atoms with Gasteiger partial charge in [-0.3, -0.25) is 9.59 Å². The summed E-state index contributed by atoms with van der Waals surface area (Å²) >= 11 is 0. The number of carbonyl (C=O) groups excluding carboxylic acids is 3. The summed E-state index contributed by atoms with van der Waals surface area (Å²) in [6.45, 7) is 1.70. The maximum Gasteiger partial charge on any atom is 0.328 e. The summed E-state index contributed by atoms with van der Waals surface area (Å²) in [5, 5.41) is 2.52. The Hall–Kier alpha value is -2.41. The Morgan fingerprint density at radius 3 is 2.25 bits per heavy atom. The molecule has 0 saturated carbocycles. The minimum atomic E-state index is -0.933. The van der Waals surface area contributed by atoms with Crippen LogP contribution in [0, 0.1) is 5.92 Å². The molecule has 7 nitrogen and oxygen atoms in total. The molecule has 0 aliphatic carbocycles. The maximum absolute atomic E-state index is 11.9. The van der Waals surface area contributed by atoms with Crippen molar-refractivity contribution in [1.82, 2.24) is 5.32 Å². The molecule has 1 aromatic rings. The summed E-state index contributed by atoms with van der Waals surface area (Å²) in [6, 6.07) is 8.47. The van der Waals surface area contributed by atoms with Crippen molar-refractivity contribution in [3.05, 3.63) is 35.9 Å². The van der Waals surface area contributed by atoms with Gasteiger partial charge in [-0.05, 0) is 12.0 Å². The van der Waals surface area contributed by atoms with Gasteiger partial charge in [0, 0.05) is 0 Å². The molecule has 0 saturated heterocycles. The Morgan fingerprint density at radius 1 is 1.04 bits per heavy atom. The summed E-state index contributed by atoms with van der Waals surface area (Å²) in [6.07, 6.45) is 0.0871. The minimum absolute atomic E-state index is 0.0871. The van der Waals surface area contributed by atoms with Crippen LogP contribution in [0.4, 0.5) is 0 Å². The zero-order valence-corrected chi connectivity index (χ0v) is 14.1. The molecule has 132 valence electrons. The molecule has 0 fully saturated rings. The summed E-state index contributed by atoms with van der Waals surface area (Å²) < 4.78 is 14.6. The lowest BCUT2D eigenvalue weighted by Gasteiger charge is -2.19. The summed E-state index contributed by atoms with van der Waals surface area (Å²) in [5.41, 5.74) is 0.939. The third kappa shape index (κ3) is 6.78. The van der Waals surface area contributed by atoms with Crippen LogP contribution in [-0.2, 0) is 35.2 Å². The lowest BCUT2D eigenvalue weighted by molar-refractivity contribution is -0.149. The minimum Gasteiger partial charge on any atom is -0.469 e. The predicted octanol–water partition coefficient (Wildman–Crippen LogP) is 1.06. The van der Waals surface area contributed by atoms with Gasteiger partial charge in [0.05, 0.1) is 26.7 Å². The van der Waals surface area contributed by atoms with E-state index in [2.05, 4.69) is 14.8 Å². The molecule has 0 aromatic heterocycles. The van der Waals surface area contributed by atoms with E-state index in [0.717, 1.165) is 5.56 Å². The monoisotopic (exact) mass is 337 g/mol. The van der Waals surface area contributed by atoms with Gasteiger partial charge in [-0.2, -0.15) is 0 Å². The average molecular weight is 337 g/mol. The second kappa shape index (κ2) is 10.4. The molecular weight excluding hydrogens is 314 g/mol. The van der Waals surface area contributed by atoms with E-state index in [1.807, 2.05) is 30.3 Å². The number of rotatable bonds is 9. The molecule has 1 amide bonds. The van der Waals surface area contributed by atoms with Crippen molar-refractivity contribution >= 4 is 17.8 Å². The molecular formula is C17H23NO6. The summed E-state index contributed by atoms with van der Waals surface area (Å²) in [7, 11) is 2.48. The number of nitrogens with one attached hydrogen (secondary N) is 1. The van der Waals surface area contributed by atoms with Crippen molar-refractivity contribution in [3.8, 4) is 0 Å². The van der Waals surface area contributed by atoms with Gasteiger partial charge in [0.25, 0.3) is 0 Å². The van der Waals surface area contributed by atoms with Crippen molar-refractivity contribution in [2.24, 2.45) is 5.92 Å². The fourth-order valence-electron chi connectivity index (χ4n) is 2.08. The van der Waals surface area contributed by atoms with Gasteiger partial charge < -0.3 is 19.5 Å². The highest BCUT2D eigenvalue weighted by molar-refractivity contribution is 5.85. The molecule has 1 aromatic carbocycles. The average Bonchev–Trinajstić information content (AvgIpc) is 2.60. The molecule has 1 rings (SSSR count). The number of esters is 2. The second-order valence-electron chi connectivity index (χ2n) is 5.28. The van der Waals surface area contributed by atoms with Crippen molar-refractivity contribution in [1.29, 1.82) is 0 Å². The van der Waals surface area contributed by atoms with Crippen LogP contribution in [0.1, 0.15) is 18.9 Å². The molecule has 2 atom stereocenters. The number of ether oxygens (including phenoxy) is 3. The van der Waals surface area contributed by atoms with Crippen LogP contribution >= 0.6 is 0 Å². The van der Waals surface area contributed by atoms with Crippen LogP contribution in [0.25, 0.3) is 0 Å². The Morgan fingerprint density at radius 2 is 1.67 bits per heavy atom. The summed E-state index contributed by atoms with van der Waals surface area (Å²) in [4.78, 5) is 35.1. The Kier molecular flexibility index (Phi) is 8.49. The lowest BCUT2D eigenvalue weighted by Crippen LogP contribution is -2.44. The Labute approximate surface area is 141 Å². The topological polar surface area (TPSA) is 90.9 Å². The first kappa shape index (κ1) is 19.6. The number of methoxy groups -OCH3 is 2. The van der Waals surface area contributed by atoms with E-state index in [-0.39, 0.29) is 19.6 Å². The first-order chi connectivity index (χ1) is 11.5. The van der Waals surface area contributed by atoms with Crippen LogP contribution in [0.3, 0.4) is 0 Å². The number of amides is 1. The zero-order chi connectivity index (χ0) is 17.9. The highest BCUT2D eigenvalue weighted by Crippen LogP contribution is 2.09. The highest BCUT2D eigenvalue weighted by atomic mass is 16.5.